The quantitative estimate of drug-likeness (QED) is 0.471. The lowest BCUT2D eigenvalue weighted by molar-refractivity contribution is 0.352. The highest BCUT2D eigenvalue weighted by molar-refractivity contribution is 7.78. The minimum atomic E-state index is 0.865. The molecule has 0 atom stereocenters. The number of hydrogen-bond acceptors (Lipinski definition) is 7. The molecule has 3 heterocycles. The number of hydrogen-bond donors (Lipinski definition) is 2. The number of rotatable bonds is 10. The van der Waals surface area contributed by atoms with E-state index in [1.807, 2.05) is 0 Å². The first-order chi connectivity index (χ1) is 12.8. The standard InChI is InChI=1S/C18H31N7S/c1-23(12-6-19-15-26)13-7-20-16-14-17(24-8-2-3-9-24)22-18(21-16)25-10-4-5-11-25/h14-15H,2-13H2,1H3,(H,19,26)(H,20,21,22). The first-order valence-corrected chi connectivity index (χ1v) is 10.2. The van der Waals surface area contributed by atoms with Gasteiger partial charge in [0.25, 0.3) is 0 Å². The van der Waals surface area contributed by atoms with E-state index >= 15 is 0 Å². The van der Waals surface area contributed by atoms with E-state index < -0.39 is 0 Å². The lowest BCUT2D eigenvalue weighted by Gasteiger charge is -2.22. The van der Waals surface area contributed by atoms with E-state index in [4.69, 9.17) is 22.2 Å². The van der Waals surface area contributed by atoms with Gasteiger partial charge in [0.05, 0.1) is 5.49 Å². The third kappa shape index (κ3) is 5.41. The zero-order valence-corrected chi connectivity index (χ0v) is 16.6. The molecule has 3 rings (SSSR count). The van der Waals surface area contributed by atoms with Crippen LogP contribution in [-0.4, -0.2) is 79.8 Å². The minimum Gasteiger partial charge on any atom is -0.381 e. The molecular formula is C18H31N7S. The Labute approximate surface area is 162 Å². The number of thiocarbonyl (C=S) groups is 1. The first kappa shape index (κ1) is 19.1. The summed E-state index contributed by atoms with van der Waals surface area (Å²) < 4.78 is 0. The molecule has 0 aromatic carbocycles. The molecule has 8 heteroatoms. The van der Waals surface area contributed by atoms with Gasteiger partial charge in [-0.05, 0) is 32.7 Å². The van der Waals surface area contributed by atoms with Gasteiger partial charge in [-0.25, -0.2) is 0 Å². The van der Waals surface area contributed by atoms with Gasteiger partial charge in [-0.3, -0.25) is 0 Å². The summed E-state index contributed by atoms with van der Waals surface area (Å²) in [6, 6.07) is 2.11. The molecule has 0 saturated carbocycles. The molecule has 144 valence electrons. The normalized spacial score (nSPS) is 17.2. The maximum atomic E-state index is 4.86. The fourth-order valence-electron chi connectivity index (χ4n) is 3.48. The van der Waals surface area contributed by atoms with Crippen LogP contribution in [-0.2, 0) is 0 Å². The second-order valence-corrected chi connectivity index (χ2v) is 7.34. The molecule has 0 unspecified atom stereocenters. The molecule has 0 bridgehead atoms. The van der Waals surface area contributed by atoms with Crippen molar-refractivity contribution in [1.29, 1.82) is 0 Å². The predicted molar refractivity (Wildman–Crippen MR) is 113 cm³/mol. The smallest absolute Gasteiger partial charge is 0.229 e. The Balaban J connectivity index is 1.60. The Morgan fingerprint density at radius 3 is 2.38 bits per heavy atom. The van der Waals surface area contributed by atoms with Crippen LogP contribution in [0.15, 0.2) is 6.07 Å². The SMILES string of the molecule is CN(CCNC=S)CCNc1cc(N2CCCC2)nc(N2CCCC2)n1. The van der Waals surface area contributed by atoms with E-state index in [1.165, 1.54) is 25.7 Å². The maximum absolute atomic E-state index is 4.86. The van der Waals surface area contributed by atoms with Gasteiger partial charge in [-0.2, -0.15) is 9.97 Å². The van der Waals surface area contributed by atoms with E-state index in [0.29, 0.717) is 0 Å². The molecule has 2 N–H and O–H groups in total. The summed E-state index contributed by atoms with van der Waals surface area (Å²) in [5, 5.41) is 6.56. The van der Waals surface area contributed by atoms with Gasteiger partial charge < -0.3 is 25.3 Å². The van der Waals surface area contributed by atoms with Gasteiger partial charge in [-0.1, -0.05) is 12.2 Å². The third-order valence-electron chi connectivity index (χ3n) is 5.04. The number of anilines is 3. The average Bonchev–Trinajstić information content (AvgIpc) is 3.35. The Kier molecular flexibility index (Phi) is 7.25. The average molecular weight is 378 g/mol. The molecule has 0 amide bonds. The van der Waals surface area contributed by atoms with Crippen molar-refractivity contribution in [2.75, 3.05) is 74.5 Å². The predicted octanol–water partition coefficient (Wildman–Crippen LogP) is 1.57. The van der Waals surface area contributed by atoms with E-state index in [9.17, 15) is 0 Å². The zero-order valence-electron chi connectivity index (χ0n) is 15.8. The van der Waals surface area contributed by atoms with Crippen molar-refractivity contribution in [3.05, 3.63) is 6.07 Å². The van der Waals surface area contributed by atoms with Gasteiger partial charge in [0.15, 0.2) is 0 Å². The second kappa shape index (κ2) is 9.87. The van der Waals surface area contributed by atoms with Crippen LogP contribution in [0.1, 0.15) is 25.7 Å². The number of likely N-dealkylation sites (N-methyl/N-ethyl adjacent to an activating group) is 1. The van der Waals surface area contributed by atoms with E-state index in [-0.39, 0.29) is 0 Å². The number of aromatic nitrogens is 2. The van der Waals surface area contributed by atoms with Crippen LogP contribution < -0.4 is 20.4 Å². The Morgan fingerprint density at radius 2 is 1.69 bits per heavy atom. The van der Waals surface area contributed by atoms with E-state index in [1.54, 1.807) is 5.49 Å². The van der Waals surface area contributed by atoms with Crippen molar-refractivity contribution in [1.82, 2.24) is 20.2 Å². The van der Waals surface area contributed by atoms with Gasteiger partial charge in [0.2, 0.25) is 5.95 Å². The third-order valence-corrected chi connectivity index (χ3v) is 5.21. The maximum Gasteiger partial charge on any atom is 0.229 e. The molecule has 0 spiro atoms. The van der Waals surface area contributed by atoms with Crippen LogP contribution in [0.2, 0.25) is 0 Å². The summed E-state index contributed by atoms with van der Waals surface area (Å²) in [5.74, 6) is 2.89. The van der Waals surface area contributed by atoms with Gasteiger partial charge >= 0.3 is 0 Å². The van der Waals surface area contributed by atoms with Crippen molar-refractivity contribution < 1.29 is 0 Å². The molecule has 0 aliphatic carbocycles. The highest BCUT2D eigenvalue weighted by Gasteiger charge is 2.20. The highest BCUT2D eigenvalue weighted by Crippen LogP contribution is 2.25. The molecular weight excluding hydrogens is 346 g/mol. The molecule has 2 saturated heterocycles. The molecule has 7 nitrogen and oxygen atoms in total. The largest absolute Gasteiger partial charge is 0.381 e. The van der Waals surface area contributed by atoms with Crippen LogP contribution in [0.3, 0.4) is 0 Å². The summed E-state index contributed by atoms with van der Waals surface area (Å²) in [6.45, 7) is 8.02. The lowest BCUT2D eigenvalue weighted by Crippen LogP contribution is -2.32. The Hall–Kier alpha value is -1.67. The highest BCUT2D eigenvalue weighted by atomic mass is 32.1. The van der Waals surface area contributed by atoms with E-state index in [0.717, 1.165) is 69.9 Å². The van der Waals surface area contributed by atoms with Crippen molar-refractivity contribution >= 4 is 35.3 Å². The van der Waals surface area contributed by atoms with E-state index in [2.05, 4.69) is 38.4 Å². The molecule has 2 fully saturated rings. The Bertz CT molecular complexity index is 536. The van der Waals surface area contributed by atoms with Crippen LogP contribution in [0.25, 0.3) is 0 Å². The number of nitrogens with zero attached hydrogens (tertiary/aromatic N) is 5. The molecule has 1 aromatic rings. The summed E-state index contributed by atoms with van der Waals surface area (Å²) in [5.41, 5.74) is 1.58. The molecule has 2 aliphatic rings. The van der Waals surface area contributed by atoms with Crippen LogP contribution in [0, 0.1) is 0 Å². The fraction of sp³-hybridized carbons (Fsp3) is 0.722. The van der Waals surface area contributed by atoms with Gasteiger partial charge in [0.1, 0.15) is 11.6 Å². The Morgan fingerprint density at radius 1 is 1.04 bits per heavy atom. The van der Waals surface area contributed by atoms with Crippen molar-refractivity contribution in [2.45, 2.75) is 25.7 Å². The zero-order chi connectivity index (χ0) is 18.2. The van der Waals surface area contributed by atoms with Crippen molar-refractivity contribution in [3.63, 3.8) is 0 Å². The topological polar surface area (TPSA) is 59.6 Å². The molecule has 1 aromatic heterocycles. The second-order valence-electron chi connectivity index (χ2n) is 7.10. The van der Waals surface area contributed by atoms with Crippen molar-refractivity contribution in [3.8, 4) is 0 Å². The van der Waals surface area contributed by atoms with Gasteiger partial charge in [-0.15, -0.1) is 0 Å². The van der Waals surface area contributed by atoms with Crippen LogP contribution >= 0.6 is 12.2 Å². The summed E-state index contributed by atoms with van der Waals surface area (Å²) in [4.78, 5) is 16.6. The number of nitrogens with one attached hydrogen (secondary N) is 2. The monoisotopic (exact) mass is 377 g/mol. The molecule has 2 aliphatic heterocycles. The van der Waals surface area contributed by atoms with Crippen molar-refractivity contribution in [2.24, 2.45) is 0 Å². The van der Waals surface area contributed by atoms with Gasteiger partial charge in [0, 0.05) is 58.4 Å². The molecule has 26 heavy (non-hydrogen) atoms. The summed E-state index contributed by atoms with van der Waals surface area (Å²) in [7, 11) is 2.12. The lowest BCUT2D eigenvalue weighted by atomic mass is 10.4. The van der Waals surface area contributed by atoms with Crippen LogP contribution in [0.4, 0.5) is 17.6 Å². The minimum absolute atomic E-state index is 0.865. The van der Waals surface area contributed by atoms with Crippen LogP contribution in [0.5, 0.6) is 0 Å². The summed E-state index contributed by atoms with van der Waals surface area (Å²) >= 11 is 4.78. The first-order valence-electron chi connectivity index (χ1n) is 9.75. The fourth-order valence-corrected chi connectivity index (χ4v) is 3.60. The summed E-state index contributed by atoms with van der Waals surface area (Å²) in [6.07, 6.45) is 4.99. The molecule has 0 radical (unpaired) electrons.